The van der Waals surface area contributed by atoms with Crippen LogP contribution in [0.15, 0.2) is 48.7 Å². The van der Waals surface area contributed by atoms with Gasteiger partial charge in [-0.1, -0.05) is 6.07 Å². The van der Waals surface area contributed by atoms with Crippen molar-refractivity contribution in [1.82, 2.24) is 9.55 Å². The molecule has 0 N–H and O–H groups in total. The summed E-state index contributed by atoms with van der Waals surface area (Å²) in [7, 11) is 0. The molecule has 0 atom stereocenters. The minimum Gasteiger partial charge on any atom is -0.488 e. The average molecular weight is 521 g/mol. The van der Waals surface area contributed by atoms with E-state index in [2.05, 4.69) is 4.98 Å². The molecule has 4 rings (SSSR count). The maximum absolute atomic E-state index is 14.0. The molecule has 2 heterocycles. The van der Waals surface area contributed by atoms with Crippen LogP contribution < -0.4 is 4.74 Å². The van der Waals surface area contributed by atoms with Gasteiger partial charge in [-0.05, 0) is 63.4 Å². The number of esters is 1. The quantitative estimate of drug-likeness (QED) is 0.200. The fourth-order valence-electron chi connectivity index (χ4n) is 3.62. The third-order valence-corrected chi connectivity index (χ3v) is 6.43. The molecule has 2 aromatic carbocycles. The Balaban J connectivity index is 1.49. The van der Waals surface area contributed by atoms with Crippen LogP contribution >= 0.6 is 11.3 Å². The predicted octanol–water partition coefficient (Wildman–Crippen LogP) is 7.15. The molecule has 0 spiro atoms. The molecule has 2 aromatic heterocycles. The Kier molecular flexibility index (Phi) is 6.83. The second-order valence-electron chi connectivity index (χ2n) is 9.26. The largest absolute Gasteiger partial charge is 0.488 e. The lowest BCUT2D eigenvalue weighted by Crippen LogP contribution is -2.26. The van der Waals surface area contributed by atoms with E-state index in [-0.39, 0.29) is 24.7 Å². The number of nitrogens with zero attached hydrogens (tertiary/aromatic N) is 2. The van der Waals surface area contributed by atoms with E-state index in [0.717, 1.165) is 27.9 Å². The number of carbonyl (C=O) groups is 1. The van der Waals surface area contributed by atoms with Crippen LogP contribution in [0.25, 0.3) is 21.5 Å². The number of aromatic nitrogens is 2. The SMILES string of the molecule is Cc1nc(-c2ccc(C(F)(F)F)c(F)c2)sc1COc1ccc2ccn(CC(=O)OC(C)(C)C)c2c1. The van der Waals surface area contributed by atoms with E-state index >= 15 is 0 Å². The van der Waals surface area contributed by atoms with Crippen LogP contribution in [0.4, 0.5) is 17.6 Å². The first-order valence-corrected chi connectivity index (χ1v) is 11.9. The van der Waals surface area contributed by atoms with Crippen LogP contribution in [0.3, 0.4) is 0 Å². The summed E-state index contributed by atoms with van der Waals surface area (Å²) in [5.41, 5.74) is -0.174. The van der Waals surface area contributed by atoms with Gasteiger partial charge < -0.3 is 14.0 Å². The second-order valence-corrected chi connectivity index (χ2v) is 10.3. The Hall–Kier alpha value is -3.40. The third-order valence-electron chi connectivity index (χ3n) is 5.25. The van der Waals surface area contributed by atoms with Crippen molar-refractivity contribution in [3.63, 3.8) is 0 Å². The normalized spacial score (nSPS) is 12.2. The number of fused-ring (bicyclic) bond motifs is 1. The Bertz CT molecular complexity index is 1420. The summed E-state index contributed by atoms with van der Waals surface area (Å²) >= 11 is 1.23. The minimum absolute atomic E-state index is 0.0607. The van der Waals surface area contributed by atoms with E-state index < -0.39 is 23.2 Å². The highest BCUT2D eigenvalue weighted by atomic mass is 32.1. The molecule has 10 heteroatoms. The van der Waals surface area contributed by atoms with Gasteiger partial charge in [0.15, 0.2) is 0 Å². The predicted molar refractivity (Wildman–Crippen MR) is 129 cm³/mol. The van der Waals surface area contributed by atoms with Crippen molar-refractivity contribution in [2.45, 2.75) is 52.6 Å². The number of carbonyl (C=O) groups excluding carboxylic acids is 1. The molecule has 190 valence electrons. The Morgan fingerprint density at radius 1 is 1.08 bits per heavy atom. The number of hydrogen-bond donors (Lipinski definition) is 0. The summed E-state index contributed by atoms with van der Waals surface area (Å²) in [6.07, 6.45) is -2.95. The lowest BCUT2D eigenvalue weighted by atomic mass is 10.1. The zero-order valence-electron chi connectivity index (χ0n) is 20.1. The van der Waals surface area contributed by atoms with Crippen LogP contribution in [-0.2, 0) is 28.9 Å². The number of thiazole rings is 1. The molecule has 0 unspecified atom stereocenters. The van der Waals surface area contributed by atoms with Crippen molar-refractivity contribution in [3.8, 4) is 16.3 Å². The zero-order valence-corrected chi connectivity index (χ0v) is 20.9. The third kappa shape index (κ3) is 5.87. The summed E-state index contributed by atoms with van der Waals surface area (Å²) < 4.78 is 65.7. The summed E-state index contributed by atoms with van der Waals surface area (Å²) in [6, 6.07) is 10.2. The van der Waals surface area contributed by atoms with E-state index in [0.29, 0.717) is 16.5 Å². The fraction of sp³-hybridized carbons (Fsp3) is 0.308. The Labute approximate surface area is 209 Å². The molecular weight excluding hydrogens is 496 g/mol. The van der Waals surface area contributed by atoms with Crippen LogP contribution in [0.1, 0.15) is 36.9 Å². The van der Waals surface area contributed by atoms with Gasteiger partial charge in [0.2, 0.25) is 0 Å². The van der Waals surface area contributed by atoms with Crippen molar-refractivity contribution < 1.29 is 31.8 Å². The standard InChI is InChI=1S/C26H24F4N2O3S/c1-15-22(36-24(31-15)17-6-8-19(20(27)11-17)26(28,29)30)14-34-18-7-5-16-9-10-32(21(16)12-18)13-23(33)35-25(2,3)4/h5-12H,13-14H2,1-4H3. The molecule has 0 fully saturated rings. The minimum atomic E-state index is -4.76. The monoisotopic (exact) mass is 520 g/mol. The van der Waals surface area contributed by atoms with Crippen molar-refractivity contribution >= 4 is 28.2 Å². The number of ether oxygens (including phenoxy) is 2. The zero-order chi connectivity index (χ0) is 26.3. The van der Waals surface area contributed by atoms with Gasteiger partial charge in [0.25, 0.3) is 0 Å². The molecule has 36 heavy (non-hydrogen) atoms. The van der Waals surface area contributed by atoms with E-state index in [4.69, 9.17) is 9.47 Å². The van der Waals surface area contributed by atoms with E-state index in [1.807, 2.05) is 45.0 Å². The lowest BCUT2D eigenvalue weighted by Gasteiger charge is -2.19. The Morgan fingerprint density at radius 3 is 2.50 bits per heavy atom. The molecule has 5 nitrogen and oxygen atoms in total. The van der Waals surface area contributed by atoms with Crippen molar-refractivity contribution in [1.29, 1.82) is 0 Å². The van der Waals surface area contributed by atoms with E-state index in [9.17, 15) is 22.4 Å². The van der Waals surface area contributed by atoms with Gasteiger partial charge in [-0.2, -0.15) is 13.2 Å². The maximum Gasteiger partial charge on any atom is 0.419 e. The highest BCUT2D eigenvalue weighted by molar-refractivity contribution is 7.15. The average Bonchev–Trinajstić information content (AvgIpc) is 3.33. The highest BCUT2D eigenvalue weighted by Crippen LogP contribution is 2.35. The van der Waals surface area contributed by atoms with E-state index in [1.165, 1.54) is 17.4 Å². The fourth-order valence-corrected chi connectivity index (χ4v) is 4.59. The van der Waals surface area contributed by atoms with Gasteiger partial charge in [0.1, 0.15) is 35.3 Å². The number of halogens is 4. The van der Waals surface area contributed by atoms with Gasteiger partial charge in [-0.15, -0.1) is 11.3 Å². The maximum atomic E-state index is 14.0. The van der Waals surface area contributed by atoms with Gasteiger partial charge in [0.05, 0.1) is 21.7 Å². The number of aryl methyl sites for hydroxylation is 1. The highest BCUT2D eigenvalue weighted by Gasteiger charge is 2.34. The van der Waals surface area contributed by atoms with Crippen LogP contribution in [0, 0.1) is 12.7 Å². The number of alkyl halides is 3. The summed E-state index contributed by atoms with van der Waals surface area (Å²) in [6.45, 7) is 7.42. The van der Waals surface area contributed by atoms with Gasteiger partial charge in [0, 0.05) is 17.8 Å². The molecule has 0 aliphatic carbocycles. The number of rotatable bonds is 6. The molecule has 0 aliphatic heterocycles. The summed E-state index contributed by atoms with van der Waals surface area (Å²) in [5, 5.41) is 1.34. The molecular formula is C26H24F4N2O3S. The van der Waals surface area contributed by atoms with Gasteiger partial charge >= 0.3 is 12.1 Å². The van der Waals surface area contributed by atoms with Gasteiger partial charge in [-0.3, -0.25) is 4.79 Å². The smallest absolute Gasteiger partial charge is 0.419 e. The topological polar surface area (TPSA) is 53.4 Å². The molecule has 0 saturated heterocycles. The molecule has 0 radical (unpaired) electrons. The first-order chi connectivity index (χ1) is 16.8. The van der Waals surface area contributed by atoms with Crippen molar-refractivity contribution in [3.05, 3.63) is 70.6 Å². The molecule has 4 aromatic rings. The molecule has 0 aliphatic rings. The molecule has 0 amide bonds. The van der Waals surface area contributed by atoms with Crippen LogP contribution in [0.2, 0.25) is 0 Å². The van der Waals surface area contributed by atoms with Crippen molar-refractivity contribution in [2.75, 3.05) is 0 Å². The number of hydrogen-bond acceptors (Lipinski definition) is 5. The van der Waals surface area contributed by atoms with E-state index in [1.54, 1.807) is 17.7 Å². The first-order valence-electron chi connectivity index (χ1n) is 11.1. The molecule has 0 bridgehead atoms. The summed E-state index contributed by atoms with van der Waals surface area (Å²) in [4.78, 5) is 17.4. The Morgan fingerprint density at radius 2 is 1.83 bits per heavy atom. The number of benzene rings is 2. The van der Waals surface area contributed by atoms with Gasteiger partial charge in [-0.25, -0.2) is 9.37 Å². The molecule has 0 saturated carbocycles. The van der Waals surface area contributed by atoms with Crippen LogP contribution in [0.5, 0.6) is 5.75 Å². The second kappa shape index (κ2) is 9.57. The lowest BCUT2D eigenvalue weighted by molar-refractivity contribution is -0.155. The van der Waals surface area contributed by atoms with Crippen LogP contribution in [-0.4, -0.2) is 21.1 Å². The first kappa shape index (κ1) is 25.7. The summed E-state index contributed by atoms with van der Waals surface area (Å²) in [5.74, 6) is -1.12. The van der Waals surface area contributed by atoms with Crippen molar-refractivity contribution in [2.24, 2.45) is 0 Å².